The van der Waals surface area contributed by atoms with Gasteiger partial charge in [-0.1, -0.05) is 65.7 Å². The van der Waals surface area contributed by atoms with Gasteiger partial charge in [0.15, 0.2) is 11.5 Å². The number of aliphatic hydroxyl groups is 1. The second kappa shape index (κ2) is 10.5. The first-order valence-corrected chi connectivity index (χ1v) is 10.00. The van der Waals surface area contributed by atoms with E-state index >= 15 is 0 Å². The molecule has 0 saturated heterocycles. The van der Waals surface area contributed by atoms with E-state index in [9.17, 15) is 5.11 Å². The van der Waals surface area contributed by atoms with Gasteiger partial charge in [0, 0.05) is 13.1 Å². The van der Waals surface area contributed by atoms with Gasteiger partial charge in [-0.15, -0.1) is 0 Å². The highest BCUT2D eigenvalue weighted by Gasteiger charge is 2.09. The molecule has 0 saturated carbocycles. The van der Waals surface area contributed by atoms with Crippen molar-refractivity contribution < 1.29 is 14.6 Å². The molecule has 2 N–H and O–H groups in total. The standard InChI is InChI=1S/C23H23Cl2NO3/c1-28-23-12-16(13-26-14-21(27)18-5-3-2-4-6-18)8-10-22(23)29-15-17-7-9-19(24)20(25)11-17/h2-12,21,26-27H,13-15H2,1H3/t21-/m0/s1. The average molecular weight is 432 g/mol. The zero-order chi connectivity index (χ0) is 20.6. The Morgan fingerprint density at radius 1 is 0.897 bits per heavy atom. The lowest BCUT2D eigenvalue weighted by Gasteiger charge is -2.14. The lowest BCUT2D eigenvalue weighted by atomic mass is 10.1. The highest BCUT2D eigenvalue weighted by atomic mass is 35.5. The normalized spacial score (nSPS) is 11.9. The van der Waals surface area contributed by atoms with E-state index in [1.165, 1.54) is 0 Å². The number of benzene rings is 3. The van der Waals surface area contributed by atoms with Gasteiger partial charge >= 0.3 is 0 Å². The molecular weight excluding hydrogens is 409 g/mol. The molecular formula is C23H23Cl2NO3. The molecule has 0 heterocycles. The molecule has 3 aromatic rings. The summed E-state index contributed by atoms with van der Waals surface area (Å²) in [6.07, 6.45) is -0.549. The van der Waals surface area contributed by atoms with Gasteiger partial charge in [0.1, 0.15) is 6.61 Å². The van der Waals surface area contributed by atoms with E-state index in [-0.39, 0.29) is 0 Å². The Morgan fingerprint density at radius 3 is 2.38 bits per heavy atom. The van der Waals surface area contributed by atoms with Crippen LogP contribution in [0.5, 0.6) is 11.5 Å². The van der Waals surface area contributed by atoms with E-state index in [1.807, 2.05) is 54.6 Å². The fourth-order valence-corrected chi connectivity index (χ4v) is 3.20. The maximum absolute atomic E-state index is 10.2. The van der Waals surface area contributed by atoms with E-state index < -0.39 is 6.10 Å². The van der Waals surface area contributed by atoms with E-state index in [4.69, 9.17) is 32.7 Å². The SMILES string of the molecule is COc1cc(CNC[C@H](O)c2ccccc2)ccc1OCc1ccc(Cl)c(Cl)c1. The third-order valence-corrected chi connectivity index (χ3v) is 5.20. The van der Waals surface area contributed by atoms with E-state index in [1.54, 1.807) is 19.2 Å². The summed E-state index contributed by atoms with van der Waals surface area (Å²) in [5, 5.41) is 14.5. The van der Waals surface area contributed by atoms with Crippen LogP contribution in [0.15, 0.2) is 66.7 Å². The third-order valence-electron chi connectivity index (χ3n) is 4.46. The Balaban J connectivity index is 1.56. The largest absolute Gasteiger partial charge is 0.493 e. The van der Waals surface area contributed by atoms with Gasteiger partial charge in [0.25, 0.3) is 0 Å². The van der Waals surface area contributed by atoms with Gasteiger partial charge < -0.3 is 19.9 Å². The molecule has 1 atom stereocenters. The van der Waals surface area contributed by atoms with Crippen molar-refractivity contribution in [2.75, 3.05) is 13.7 Å². The zero-order valence-corrected chi connectivity index (χ0v) is 17.6. The molecule has 6 heteroatoms. The number of halogens is 2. The number of hydrogen-bond donors (Lipinski definition) is 2. The minimum absolute atomic E-state index is 0.355. The van der Waals surface area contributed by atoms with Crippen LogP contribution in [0, 0.1) is 0 Å². The highest BCUT2D eigenvalue weighted by molar-refractivity contribution is 6.42. The van der Waals surface area contributed by atoms with E-state index in [0.29, 0.717) is 41.2 Å². The number of ether oxygens (including phenoxy) is 2. The van der Waals surface area contributed by atoms with Crippen molar-refractivity contribution in [3.8, 4) is 11.5 Å². The Hall–Kier alpha value is -2.24. The molecule has 0 radical (unpaired) electrons. The molecule has 0 bridgehead atoms. The molecule has 0 unspecified atom stereocenters. The van der Waals surface area contributed by atoms with E-state index in [0.717, 1.165) is 16.7 Å². The minimum atomic E-state index is -0.549. The summed E-state index contributed by atoms with van der Waals surface area (Å²) in [6, 6.07) is 20.8. The van der Waals surface area contributed by atoms with Gasteiger partial charge in [-0.05, 0) is 41.0 Å². The summed E-state index contributed by atoms with van der Waals surface area (Å²) in [4.78, 5) is 0. The maximum Gasteiger partial charge on any atom is 0.161 e. The Labute approximate surface area is 181 Å². The zero-order valence-electron chi connectivity index (χ0n) is 16.1. The molecule has 3 rings (SSSR count). The molecule has 3 aromatic carbocycles. The molecule has 0 aromatic heterocycles. The molecule has 0 aliphatic carbocycles. The summed E-state index contributed by atoms with van der Waals surface area (Å²) in [5.41, 5.74) is 2.84. The fraction of sp³-hybridized carbons (Fsp3) is 0.217. The predicted octanol–water partition coefficient (Wildman–Crippen LogP) is 5.40. The van der Waals surface area contributed by atoms with Crippen LogP contribution < -0.4 is 14.8 Å². The second-order valence-corrected chi connectivity index (χ2v) is 7.39. The molecule has 4 nitrogen and oxygen atoms in total. The molecule has 152 valence electrons. The number of aliphatic hydroxyl groups excluding tert-OH is 1. The Bertz CT molecular complexity index is 935. The monoisotopic (exact) mass is 431 g/mol. The first-order valence-electron chi connectivity index (χ1n) is 9.24. The van der Waals surface area contributed by atoms with Crippen LogP contribution in [0.4, 0.5) is 0 Å². The number of nitrogens with one attached hydrogen (secondary N) is 1. The van der Waals surface area contributed by atoms with Crippen LogP contribution in [0.3, 0.4) is 0 Å². The van der Waals surface area contributed by atoms with Crippen LogP contribution in [-0.2, 0) is 13.2 Å². The fourth-order valence-electron chi connectivity index (χ4n) is 2.88. The quantitative estimate of drug-likeness (QED) is 0.475. The molecule has 0 fully saturated rings. The van der Waals surface area contributed by atoms with Crippen molar-refractivity contribution in [3.05, 3.63) is 93.5 Å². The summed E-state index contributed by atoms with van der Waals surface area (Å²) < 4.78 is 11.3. The lowest BCUT2D eigenvalue weighted by Crippen LogP contribution is -2.21. The second-order valence-electron chi connectivity index (χ2n) is 6.58. The van der Waals surface area contributed by atoms with Crippen molar-refractivity contribution in [1.29, 1.82) is 0 Å². The molecule has 0 spiro atoms. The van der Waals surface area contributed by atoms with Crippen molar-refractivity contribution in [3.63, 3.8) is 0 Å². The minimum Gasteiger partial charge on any atom is -0.493 e. The van der Waals surface area contributed by atoms with Gasteiger partial charge in [0.2, 0.25) is 0 Å². The van der Waals surface area contributed by atoms with Gasteiger partial charge in [-0.25, -0.2) is 0 Å². The van der Waals surface area contributed by atoms with Crippen LogP contribution in [0.25, 0.3) is 0 Å². The first-order chi connectivity index (χ1) is 14.1. The number of methoxy groups -OCH3 is 1. The third kappa shape index (κ3) is 6.12. The van der Waals surface area contributed by atoms with Crippen LogP contribution in [-0.4, -0.2) is 18.8 Å². The molecule has 29 heavy (non-hydrogen) atoms. The summed E-state index contributed by atoms with van der Waals surface area (Å²) in [7, 11) is 1.61. The highest BCUT2D eigenvalue weighted by Crippen LogP contribution is 2.30. The number of rotatable bonds is 9. The van der Waals surface area contributed by atoms with Crippen LogP contribution >= 0.6 is 23.2 Å². The first kappa shape index (κ1) is 21.5. The van der Waals surface area contributed by atoms with Crippen molar-refractivity contribution in [2.24, 2.45) is 0 Å². The van der Waals surface area contributed by atoms with Gasteiger partial charge in [-0.2, -0.15) is 0 Å². The summed E-state index contributed by atoms with van der Waals surface area (Å²) in [5.74, 6) is 1.29. The van der Waals surface area contributed by atoms with Gasteiger partial charge in [0.05, 0.1) is 23.3 Å². The lowest BCUT2D eigenvalue weighted by molar-refractivity contribution is 0.174. The smallest absolute Gasteiger partial charge is 0.161 e. The molecule has 0 amide bonds. The Morgan fingerprint density at radius 2 is 1.66 bits per heavy atom. The topological polar surface area (TPSA) is 50.7 Å². The van der Waals surface area contributed by atoms with Gasteiger partial charge in [-0.3, -0.25) is 0 Å². The predicted molar refractivity (Wildman–Crippen MR) is 117 cm³/mol. The van der Waals surface area contributed by atoms with Crippen molar-refractivity contribution in [1.82, 2.24) is 5.32 Å². The summed E-state index contributed by atoms with van der Waals surface area (Å²) in [6.45, 7) is 1.42. The van der Waals surface area contributed by atoms with Crippen LogP contribution in [0.2, 0.25) is 10.0 Å². The van der Waals surface area contributed by atoms with E-state index in [2.05, 4.69) is 5.32 Å². The molecule has 0 aliphatic rings. The van der Waals surface area contributed by atoms with Crippen LogP contribution in [0.1, 0.15) is 22.8 Å². The molecule has 0 aliphatic heterocycles. The Kier molecular flexibility index (Phi) is 7.78. The van der Waals surface area contributed by atoms with Crippen molar-refractivity contribution >= 4 is 23.2 Å². The maximum atomic E-state index is 10.2. The average Bonchev–Trinajstić information content (AvgIpc) is 2.75. The van der Waals surface area contributed by atoms with Crippen molar-refractivity contribution in [2.45, 2.75) is 19.3 Å². The number of hydrogen-bond acceptors (Lipinski definition) is 4. The summed E-state index contributed by atoms with van der Waals surface area (Å²) >= 11 is 12.0.